The number of carbonyl (C=O) groups excluding carboxylic acids is 2. The van der Waals surface area contributed by atoms with E-state index >= 15 is 0 Å². The predicted octanol–water partition coefficient (Wildman–Crippen LogP) is 3.53. The van der Waals surface area contributed by atoms with Gasteiger partial charge in [-0.15, -0.1) is 0 Å². The van der Waals surface area contributed by atoms with Gasteiger partial charge in [-0.2, -0.15) is 0 Å². The van der Waals surface area contributed by atoms with E-state index in [-0.39, 0.29) is 12.2 Å². The quantitative estimate of drug-likeness (QED) is 0.694. The number of hydrogen-bond acceptors (Lipinski definition) is 4. The van der Waals surface area contributed by atoms with Gasteiger partial charge in [0.1, 0.15) is 12.4 Å². The number of benzene rings is 2. The highest BCUT2D eigenvalue weighted by Gasteiger charge is 2.26. The molecule has 0 saturated heterocycles. The topological polar surface area (TPSA) is 72.2 Å². The number of aryl methyl sites for hydroxylation is 1. The molecule has 27 heavy (non-hydrogen) atoms. The monoisotopic (exact) mass is 366 g/mol. The fraction of sp³-hybridized carbons (Fsp3) is 0.190. The standard InChI is InChI=1S/C21H19FN2O3/c1-14-23-19(16-10-6-3-7-11-16)20(27-14)21(26)24-17(18(25)13-22)12-15-8-4-2-5-9-15/h2-11,17H,12-13H2,1H3,(H,24,26)/t17-/m0/s1. The average molecular weight is 366 g/mol. The predicted molar refractivity (Wildman–Crippen MR) is 99.1 cm³/mol. The van der Waals surface area contributed by atoms with E-state index in [1.165, 1.54) is 0 Å². The number of Topliss-reactive ketones (excluding diaryl/α,β-unsaturated/α-hetero) is 1. The van der Waals surface area contributed by atoms with Crippen LogP contribution in [0.15, 0.2) is 65.1 Å². The summed E-state index contributed by atoms with van der Waals surface area (Å²) >= 11 is 0. The van der Waals surface area contributed by atoms with Crippen molar-refractivity contribution in [2.45, 2.75) is 19.4 Å². The Kier molecular flexibility index (Phi) is 5.76. The number of ketones is 1. The minimum atomic E-state index is -1.15. The van der Waals surface area contributed by atoms with E-state index in [1.54, 1.807) is 6.92 Å². The lowest BCUT2D eigenvalue weighted by Crippen LogP contribution is -2.43. The van der Waals surface area contributed by atoms with Crippen LogP contribution in [0.5, 0.6) is 0 Å². The maximum atomic E-state index is 13.0. The molecule has 5 nitrogen and oxygen atoms in total. The smallest absolute Gasteiger partial charge is 0.289 e. The fourth-order valence-electron chi connectivity index (χ4n) is 2.78. The van der Waals surface area contributed by atoms with Gasteiger partial charge in [0.15, 0.2) is 11.7 Å². The third-order valence-electron chi connectivity index (χ3n) is 4.10. The molecule has 138 valence electrons. The zero-order valence-electron chi connectivity index (χ0n) is 14.8. The molecular formula is C21H19FN2O3. The number of hydrogen-bond donors (Lipinski definition) is 1. The molecule has 0 spiro atoms. The lowest BCUT2D eigenvalue weighted by Gasteiger charge is -2.16. The van der Waals surface area contributed by atoms with E-state index in [4.69, 9.17) is 4.42 Å². The number of amides is 1. The van der Waals surface area contributed by atoms with Gasteiger partial charge in [-0.1, -0.05) is 60.7 Å². The second-order valence-electron chi connectivity index (χ2n) is 6.09. The summed E-state index contributed by atoms with van der Waals surface area (Å²) < 4.78 is 18.5. The largest absolute Gasteiger partial charge is 0.435 e. The first-order chi connectivity index (χ1) is 13.1. The minimum absolute atomic E-state index is 0.00317. The Morgan fingerprint density at radius 1 is 1.07 bits per heavy atom. The van der Waals surface area contributed by atoms with E-state index in [0.717, 1.165) is 11.1 Å². The third-order valence-corrected chi connectivity index (χ3v) is 4.10. The summed E-state index contributed by atoms with van der Waals surface area (Å²) in [4.78, 5) is 29.0. The second kappa shape index (κ2) is 8.40. The number of rotatable bonds is 7. The Hall–Kier alpha value is -3.28. The molecule has 3 rings (SSSR count). The lowest BCUT2D eigenvalue weighted by atomic mass is 10.0. The molecular weight excluding hydrogens is 347 g/mol. The molecule has 6 heteroatoms. The third kappa shape index (κ3) is 4.47. The van der Waals surface area contributed by atoms with Gasteiger partial charge in [0.25, 0.3) is 5.91 Å². The van der Waals surface area contributed by atoms with E-state index in [0.29, 0.717) is 11.6 Å². The Morgan fingerprint density at radius 2 is 1.70 bits per heavy atom. The Bertz CT molecular complexity index is 923. The Labute approximate surface area is 156 Å². The summed E-state index contributed by atoms with van der Waals surface area (Å²) in [7, 11) is 0. The van der Waals surface area contributed by atoms with Crippen molar-refractivity contribution in [3.63, 3.8) is 0 Å². The number of nitrogens with zero attached hydrogens (tertiary/aromatic N) is 1. The molecule has 1 amide bonds. The number of aromatic nitrogens is 1. The highest BCUT2D eigenvalue weighted by molar-refractivity contribution is 6.00. The van der Waals surface area contributed by atoms with E-state index in [2.05, 4.69) is 10.3 Å². The molecule has 0 saturated carbocycles. The van der Waals surface area contributed by atoms with Crippen molar-refractivity contribution < 1.29 is 18.4 Å². The number of oxazole rings is 1. The molecule has 0 bridgehead atoms. The Balaban J connectivity index is 1.85. The van der Waals surface area contributed by atoms with Gasteiger partial charge in [0, 0.05) is 12.5 Å². The van der Waals surface area contributed by atoms with Crippen molar-refractivity contribution in [1.82, 2.24) is 10.3 Å². The van der Waals surface area contributed by atoms with E-state index < -0.39 is 24.4 Å². The first kappa shape index (κ1) is 18.5. The van der Waals surface area contributed by atoms with Gasteiger partial charge in [-0.25, -0.2) is 9.37 Å². The van der Waals surface area contributed by atoms with Gasteiger partial charge >= 0.3 is 0 Å². The van der Waals surface area contributed by atoms with Crippen molar-refractivity contribution in [3.8, 4) is 11.3 Å². The lowest BCUT2D eigenvalue weighted by molar-refractivity contribution is -0.121. The molecule has 1 atom stereocenters. The fourth-order valence-corrected chi connectivity index (χ4v) is 2.78. The molecule has 0 aliphatic carbocycles. The zero-order valence-corrected chi connectivity index (χ0v) is 14.8. The van der Waals surface area contributed by atoms with Crippen molar-refractivity contribution in [2.75, 3.05) is 6.67 Å². The van der Waals surface area contributed by atoms with Crippen molar-refractivity contribution in [3.05, 3.63) is 77.9 Å². The van der Waals surface area contributed by atoms with Gasteiger partial charge < -0.3 is 9.73 Å². The van der Waals surface area contributed by atoms with Crippen molar-refractivity contribution in [2.24, 2.45) is 0 Å². The molecule has 0 aliphatic heterocycles. The first-order valence-corrected chi connectivity index (χ1v) is 8.55. The van der Waals surface area contributed by atoms with Crippen LogP contribution in [0.1, 0.15) is 22.0 Å². The zero-order chi connectivity index (χ0) is 19.2. The molecule has 2 aromatic carbocycles. The number of nitrogens with one attached hydrogen (secondary N) is 1. The Morgan fingerprint density at radius 3 is 2.33 bits per heavy atom. The number of alkyl halides is 1. The van der Waals surface area contributed by atoms with Crippen LogP contribution in [-0.2, 0) is 11.2 Å². The van der Waals surface area contributed by atoms with Gasteiger partial charge in [-0.05, 0) is 12.0 Å². The van der Waals surface area contributed by atoms with Crippen molar-refractivity contribution >= 4 is 11.7 Å². The highest BCUT2D eigenvalue weighted by atomic mass is 19.1. The van der Waals surface area contributed by atoms with E-state index in [9.17, 15) is 14.0 Å². The van der Waals surface area contributed by atoms with Crippen molar-refractivity contribution in [1.29, 1.82) is 0 Å². The van der Waals surface area contributed by atoms with Crippen LogP contribution in [0.25, 0.3) is 11.3 Å². The summed E-state index contributed by atoms with van der Waals surface area (Å²) in [5.41, 5.74) is 1.93. The maximum absolute atomic E-state index is 13.0. The molecule has 1 aromatic heterocycles. The van der Waals surface area contributed by atoms with Crippen LogP contribution in [0, 0.1) is 6.92 Å². The molecule has 1 heterocycles. The number of halogens is 1. The summed E-state index contributed by atoms with van der Waals surface area (Å²) in [6, 6.07) is 17.3. The van der Waals surface area contributed by atoms with Crippen LogP contribution in [0.3, 0.4) is 0 Å². The minimum Gasteiger partial charge on any atom is -0.435 e. The van der Waals surface area contributed by atoms with Crippen LogP contribution in [-0.4, -0.2) is 29.4 Å². The first-order valence-electron chi connectivity index (χ1n) is 8.55. The van der Waals surface area contributed by atoms with Crippen LogP contribution in [0.4, 0.5) is 4.39 Å². The second-order valence-corrected chi connectivity index (χ2v) is 6.09. The van der Waals surface area contributed by atoms with Crippen LogP contribution >= 0.6 is 0 Å². The normalized spacial score (nSPS) is 11.8. The summed E-state index contributed by atoms with van der Waals surface area (Å²) in [5.74, 6) is -0.958. The van der Waals surface area contributed by atoms with Gasteiger partial charge in [0.05, 0.1) is 6.04 Å². The van der Waals surface area contributed by atoms with E-state index in [1.807, 2.05) is 60.7 Å². The van der Waals surface area contributed by atoms with Crippen LogP contribution < -0.4 is 5.32 Å². The number of carbonyl (C=O) groups is 2. The summed E-state index contributed by atoms with van der Waals surface area (Å²) in [5, 5.41) is 2.59. The maximum Gasteiger partial charge on any atom is 0.289 e. The van der Waals surface area contributed by atoms with Gasteiger partial charge in [0.2, 0.25) is 5.76 Å². The summed E-state index contributed by atoms with van der Waals surface area (Å²) in [6.07, 6.45) is 0.198. The molecule has 0 aliphatic rings. The molecule has 1 N–H and O–H groups in total. The van der Waals surface area contributed by atoms with Crippen LogP contribution in [0.2, 0.25) is 0 Å². The highest BCUT2D eigenvalue weighted by Crippen LogP contribution is 2.24. The molecule has 0 unspecified atom stereocenters. The van der Waals surface area contributed by atoms with Gasteiger partial charge in [-0.3, -0.25) is 9.59 Å². The SMILES string of the molecule is Cc1nc(-c2ccccc2)c(C(=O)N[C@@H](Cc2ccccc2)C(=O)CF)o1. The molecule has 0 fully saturated rings. The molecule has 3 aromatic rings. The molecule has 0 radical (unpaired) electrons. The summed E-state index contributed by atoms with van der Waals surface area (Å²) in [6.45, 7) is 0.482. The average Bonchev–Trinajstić information content (AvgIpc) is 3.10.